The Kier molecular flexibility index (Phi) is 3.59. The number of fused-ring (bicyclic) bond motifs is 2. The Balaban J connectivity index is 1.53. The highest BCUT2D eigenvalue weighted by molar-refractivity contribution is 5.47. The molecular formula is C17H18N4O2. The molecule has 3 aromatic rings. The molecular weight excluding hydrogens is 292 g/mol. The van der Waals surface area contributed by atoms with E-state index in [2.05, 4.69) is 28.5 Å². The standard InChI is InChI=1S/C17H18N4O2/c1-12(17-20-19-15-7-2-3-8-21(15)17)18-11-13-5-4-6-14-16(13)23-10-9-22-14/h2-8,12,18H,9-11H2,1H3. The molecule has 0 spiro atoms. The van der Waals surface area contributed by atoms with E-state index in [1.807, 2.05) is 40.9 Å². The highest BCUT2D eigenvalue weighted by Crippen LogP contribution is 2.33. The highest BCUT2D eigenvalue weighted by atomic mass is 16.6. The second-order valence-corrected chi connectivity index (χ2v) is 5.53. The van der Waals surface area contributed by atoms with Gasteiger partial charge in [-0.15, -0.1) is 10.2 Å². The summed E-state index contributed by atoms with van der Waals surface area (Å²) in [6.07, 6.45) is 1.98. The lowest BCUT2D eigenvalue weighted by atomic mass is 10.1. The molecule has 1 aliphatic rings. The van der Waals surface area contributed by atoms with Crippen molar-refractivity contribution in [2.45, 2.75) is 19.5 Å². The first-order valence-electron chi connectivity index (χ1n) is 7.73. The van der Waals surface area contributed by atoms with Crippen molar-refractivity contribution in [2.24, 2.45) is 0 Å². The van der Waals surface area contributed by atoms with Crippen LogP contribution in [0.4, 0.5) is 0 Å². The minimum absolute atomic E-state index is 0.0627. The molecule has 0 saturated heterocycles. The summed E-state index contributed by atoms with van der Waals surface area (Å²) < 4.78 is 13.4. The van der Waals surface area contributed by atoms with E-state index in [9.17, 15) is 0 Å². The number of pyridine rings is 1. The van der Waals surface area contributed by atoms with Crippen LogP contribution < -0.4 is 14.8 Å². The molecule has 0 bridgehead atoms. The van der Waals surface area contributed by atoms with Crippen LogP contribution >= 0.6 is 0 Å². The van der Waals surface area contributed by atoms with Crippen molar-refractivity contribution in [1.82, 2.24) is 19.9 Å². The van der Waals surface area contributed by atoms with Crippen molar-refractivity contribution >= 4 is 5.65 Å². The third-order valence-electron chi connectivity index (χ3n) is 3.97. The smallest absolute Gasteiger partial charge is 0.165 e. The monoisotopic (exact) mass is 310 g/mol. The highest BCUT2D eigenvalue weighted by Gasteiger charge is 2.17. The molecule has 3 heterocycles. The first-order chi connectivity index (χ1) is 11.3. The van der Waals surface area contributed by atoms with Gasteiger partial charge in [-0.3, -0.25) is 4.40 Å². The molecule has 0 fully saturated rings. The number of nitrogens with one attached hydrogen (secondary N) is 1. The van der Waals surface area contributed by atoms with Gasteiger partial charge in [0.1, 0.15) is 13.2 Å². The molecule has 23 heavy (non-hydrogen) atoms. The van der Waals surface area contributed by atoms with E-state index in [1.165, 1.54) is 0 Å². The Bertz CT molecular complexity index is 830. The summed E-state index contributed by atoms with van der Waals surface area (Å²) in [5, 5.41) is 12.0. The second-order valence-electron chi connectivity index (χ2n) is 5.53. The average Bonchev–Trinajstić information content (AvgIpc) is 3.04. The molecule has 1 unspecified atom stereocenters. The minimum Gasteiger partial charge on any atom is -0.486 e. The van der Waals surface area contributed by atoms with E-state index in [1.54, 1.807) is 0 Å². The van der Waals surface area contributed by atoms with E-state index >= 15 is 0 Å². The van der Waals surface area contributed by atoms with Crippen molar-refractivity contribution in [2.75, 3.05) is 13.2 Å². The van der Waals surface area contributed by atoms with E-state index in [0.29, 0.717) is 19.8 Å². The lowest BCUT2D eigenvalue weighted by molar-refractivity contribution is 0.169. The second kappa shape index (κ2) is 5.89. The minimum atomic E-state index is 0.0627. The Morgan fingerprint density at radius 3 is 3.00 bits per heavy atom. The van der Waals surface area contributed by atoms with E-state index < -0.39 is 0 Å². The predicted molar refractivity (Wildman–Crippen MR) is 85.7 cm³/mol. The molecule has 0 radical (unpaired) electrons. The molecule has 0 saturated carbocycles. The number of rotatable bonds is 4. The number of hydrogen-bond acceptors (Lipinski definition) is 5. The Labute approximate surface area is 134 Å². The van der Waals surface area contributed by atoms with Crippen LogP contribution in [0.2, 0.25) is 0 Å². The fraction of sp³-hybridized carbons (Fsp3) is 0.294. The number of hydrogen-bond donors (Lipinski definition) is 1. The van der Waals surface area contributed by atoms with Gasteiger partial charge in [0, 0.05) is 18.3 Å². The van der Waals surface area contributed by atoms with Crippen LogP contribution in [0.1, 0.15) is 24.4 Å². The average molecular weight is 310 g/mol. The molecule has 4 rings (SSSR count). The van der Waals surface area contributed by atoms with Crippen molar-refractivity contribution in [3.8, 4) is 11.5 Å². The SMILES string of the molecule is CC(NCc1cccc2c1OCCO2)c1nnc2ccccn12. The molecule has 1 aromatic carbocycles. The van der Waals surface area contributed by atoms with Gasteiger partial charge < -0.3 is 14.8 Å². The Morgan fingerprint density at radius 1 is 1.13 bits per heavy atom. The molecule has 1 atom stereocenters. The number of ether oxygens (including phenoxy) is 2. The maximum Gasteiger partial charge on any atom is 0.165 e. The Morgan fingerprint density at radius 2 is 2.04 bits per heavy atom. The van der Waals surface area contributed by atoms with Gasteiger partial charge in [-0.05, 0) is 25.1 Å². The van der Waals surface area contributed by atoms with Crippen LogP contribution in [-0.4, -0.2) is 27.8 Å². The number of aromatic nitrogens is 3. The fourth-order valence-corrected chi connectivity index (χ4v) is 2.78. The van der Waals surface area contributed by atoms with Gasteiger partial charge in [-0.1, -0.05) is 18.2 Å². The van der Waals surface area contributed by atoms with Crippen LogP contribution in [0.15, 0.2) is 42.6 Å². The summed E-state index contributed by atoms with van der Waals surface area (Å²) in [5.74, 6) is 2.54. The zero-order valence-electron chi connectivity index (χ0n) is 12.9. The van der Waals surface area contributed by atoms with Crippen molar-refractivity contribution in [1.29, 1.82) is 0 Å². The van der Waals surface area contributed by atoms with Crippen molar-refractivity contribution in [3.05, 3.63) is 54.0 Å². The number of benzene rings is 1. The summed E-state index contributed by atoms with van der Waals surface area (Å²) in [5.41, 5.74) is 1.94. The molecule has 0 aliphatic carbocycles. The normalized spacial score (nSPS) is 14.8. The summed E-state index contributed by atoms with van der Waals surface area (Å²) in [6, 6.07) is 11.9. The van der Waals surface area contributed by atoms with Crippen LogP contribution in [0.3, 0.4) is 0 Å². The fourth-order valence-electron chi connectivity index (χ4n) is 2.78. The van der Waals surface area contributed by atoms with Gasteiger partial charge in [0.25, 0.3) is 0 Å². The van der Waals surface area contributed by atoms with E-state index in [4.69, 9.17) is 9.47 Å². The summed E-state index contributed by atoms with van der Waals surface area (Å²) in [7, 11) is 0. The first kappa shape index (κ1) is 14.0. The third-order valence-corrected chi connectivity index (χ3v) is 3.97. The molecule has 1 aliphatic heterocycles. The van der Waals surface area contributed by atoms with Crippen LogP contribution in [0.5, 0.6) is 11.5 Å². The van der Waals surface area contributed by atoms with Gasteiger partial charge in [0.2, 0.25) is 0 Å². The molecule has 0 amide bonds. The van der Waals surface area contributed by atoms with Gasteiger partial charge in [-0.25, -0.2) is 0 Å². The summed E-state index contributed by atoms with van der Waals surface area (Å²) >= 11 is 0. The van der Waals surface area contributed by atoms with Crippen molar-refractivity contribution < 1.29 is 9.47 Å². The number of para-hydroxylation sites is 1. The zero-order valence-corrected chi connectivity index (χ0v) is 12.9. The number of nitrogens with zero attached hydrogens (tertiary/aromatic N) is 3. The maximum atomic E-state index is 5.75. The predicted octanol–water partition coefficient (Wildman–Crippen LogP) is 2.35. The molecule has 2 aromatic heterocycles. The third kappa shape index (κ3) is 2.61. The topological polar surface area (TPSA) is 60.7 Å². The summed E-state index contributed by atoms with van der Waals surface area (Å²) in [4.78, 5) is 0. The van der Waals surface area contributed by atoms with Crippen molar-refractivity contribution in [3.63, 3.8) is 0 Å². The van der Waals surface area contributed by atoms with E-state index in [0.717, 1.165) is 28.5 Å². The van der Waals surface area contributed by atoms with Crippen LogP contribution in [0, 0.1) is 0 Å². The largest absolute Gasteiger partial charge is 0.486 e. The zero-order chi connectivity index (χ0) is 15.6. The first-order valence-corrected chi connectivity index (χ1v) is 7.73. The van der Waals surface area contributed by atoms with Crippen LogP contribution in [-0.2, 0) is 6.54 Å². The molecule has 6 heteroatoms. The van der Waals surface area contributed by atoms with Crippen LogP contribution in [0.25, 0.3) is 5.65 Å². The van der Waals surface area contributed by atoms with Gasteiger partial charge >= 0.3 is 0 Å². The lowest BCUT2D eigenvalue weighted by Gasteiger charge is -2.21. The molecule has 118 valence electrons. The Hall–Kier alpha value is -2.60. The summed E-state index contributed by atoms with van der Waals surface area (Å²) in [6.45, 7) is 3.95. The van der Waals surface area contributed by atoms with Gasteiger partial charge in [0.15, 0.2) is 23.0 Å². The van der Waals surface area contributed by atoms with E-state index in [-0.39, 0.29) is 6.04 Å². The van der Waals surface area contributed by atoms with Gasteiger partial charge in [-0.2, -0.15) is 0 Å². The quantitative estimate of drug-likeness (QED) is 0.801. The lowest BCUT2D eigenvalue weighted by Crippen LogP contribution is -2.22. The molecule has 1 N–H and O–H groups in total. The molecule has 6 nitrogen and oxygen atoms in total. The maximum absolute atomic E-state index is 5.75. The van der Waals surface area contributed by atoms with Gasteiger partial charge in [0.05, 0.1) is 6.04 Å².